The summed E-state index contributed by atoms with van der Waals surface area (Å²) in [7, 11) is 3.08. The predicted molar refractivity (Wildman–Crippen MR) is 74.7 cm³/mol. The van der Waals surface area contributed by atoms with Crippen molar-refractivity contribution in [1.29, 1.82) is 0 Å². The van der Waals surface area contributed by atoms with Gasteiger partial charge in [0.05, 0.1) is 11.1 Å². The summed E-state index contributed by atoms with van der Waals surface area (Å²) in [6.45, 7) is 0.629. The molecular weight excluding hydrogens is 258 g/mol. The molecule has 0 bridgehead atoms. The molecule has 0 unspecified atom stereocenters. The zero-order chi connectivity index (χ0) is 14.7. The van der Waals surface area contributed by atoms with Crippen molar-refractivity contribution in [3.63, 3.8) is 0 Å². The molecule has 2 N–H and O–H groups in total. The average Bonchev–Trinajstić information content (AvgIpc) is 2.68. The fourth-order valence-corrected chi connectivity index (χ4v) is 2.08. The highest BCUT2D eigenvalue weighted by molar-refractivity contribution is 6.21. The van der Waals surface area contributed by atoms with Gasteiger partial charge in [-0.2, -0.15) is 0 Å². The molecule has 0 saturated heterocycles. The maximum Gasteiger partial charge on any atom is 0.261 e. The standard InChI is InChI=1S/C14H17N3O3/c1-15-12(18)4-3-7-16-9-5-6-10-11(8-9)14(20)17(2)13(10)19/h5-6,8,16H,3-4,7H2,1-2H3,(H,15,18). The Hall–Kier alpha value is -2.37. The van der Waals surface area contributed by atoms with E-state index in [1.807, 2.05) is 0 Å². The van der Waals surface area contributed by atoms with E-state index in [-0.39, 0.29) is 17.7 Å². The maximum absolute atomic E-state index is 11.8. The van der Waals surface area contributed by atoms with Crippen molar-refractivity contribution in [3.05, 3.63) is 29.3 Å². The molecule has 1 aromatic rings. The number of hydrogen-bond acceptors (Lipinski definition) is 4. The molecule has 0 aromatic heterocycles. The van der Waals surface area contributed by atoms with Crippen molar-refractivity contribution in [3.8, 4) is 0 Å². The number of nitrogens with zero attached hydrogens (tertiary/aromatic N) is 1. The first kappa shape index (κ1) is 14.0. The van der Waals surface area contributed by atoms with Crippen LogP contribution in [0.2, 0.25) is 0 Å². The normalized spacial score (nSPS) is 13.4. The van der Waals surface area contributed by atoms with E-state index in [2.05, 4.69) is 10.6 Å². The number of fused-ring (bicyclic) bond motifs is 1. The van der Waals surface area contributed by atoms with Gasteiger partial charge in [-0.05, 0) is 24.6 Å². The lowest BCUT2D eigenvalue weighted by Gasteiger charge is -2.07. The molecule has 6 heteroatoms. The SMILES string of the molecule is CNC(=O)CCCNc1ccc2c(c1)C(=O)N(C)C2=O. The van der Waals surface area contributed by atoms with Crippen LogP contribution in [0.1, 0.15) is 33.6 Å². The number of benzene rings is 1. The first-order valence-corrected chi connectivity index (χ1v) is 6.45. The molecule has 0 atom stereocenters. The van der Waals surface area contributed by atoms with Gasteiger partial charge in [-0.25, -0.2) is 0 Å². The number of carbonyl (C=O) groups excluding carboxylic acids is 3. The van der Waals surface area contributed by atoms with Gasteiger partial charge >= 0.3 is 0 Å². The fraction of sp³-hybridized carbons (Fsp3) is 0.357. The lowest BCUT2D eigenvalue weighted by Crippen LogP contribution is -2.24. The molecule has 0 fully saturated rings. The predicted octanol–water partition coefficient (Wildman–Crippen LogP) is 0.850. The first-order valence-electron chi connectivity index (χ1n) is 6.45. The third kappa shape index (κ3) is 2.64. The molecule has 1 aliphatic rings. The van der Waals surface area contributed by atoms with Crippen LogP contribution in [0.15, 0.2) is 18.2 Å². The highest BCUT2D eigenvalue weighted by Gasteiger charge is 2.32. The van der Waals surface area contributed by atoms with Crippen LogP contribution in [-0.2, 0) is 4.79 Å². The van der Waals surface area contributed by atoms with E-state index >= 15 is 0 Å². The van der Waals surface area contributed by atoms with Crippen molar-refractivity contribution in [2.24, 2.45) is 0 Å². The third-order valence-electron chi connectivity index (χ3n) is 3.28. The van der Waals surface area contributed by atoms with E-state index in [4.69, 9.17) is 0 Å². The van der Waals surface area contributed by atoms with Crippen LogP contribution in [0.4, 0.5) is 5.69 Å². The lowest BCUT2D eigenvalue weighted by molar-refractivity contribution is -0.120. The number of hydrogen-bond donors (Lipinski definition) is 2. The van der Waals surface area contributed by atoms with E-state index in [1.54, 1.807) is 25.2 Å². The molecule has 2 rings (SSSR count). The number of nitrogens with one attached hydrogen (secondary N) is 2. The van der Waals surface area contributed by atoms with Crippen LogP contribution in [-0.4, -0.2) is 43.3 Å². The topological polar surface area (TPSA) is 78.5 Å². The smallest absolute Gasteiger partial charge is 0.261 e. The summed E-state index contributed by atoms with van der Waals surface area (Å²) in [4.78, 5) is 35.7. The summed E-state index contributed by atoms with van der Waals surface area (Å²) in [5.41, 5.74) is 1.64. The molecule has 106 valence electrons. The second kappa shape index (κ2) is 5.73. The van der Waals surface area contributed by atoms with E-state index in [1.165, 1.54) is 7.05 Å². The van der Waals surface area contributed by atoms with Gasteiger partial charge < -0.3 is 10.6 Å². The Bertz CT molecular complexity index is 569. The Morgan fingerprint density at radius 1 is 1.20 bits per heavy atom. The molecule has 20 heavy (non-hydrogen) atoms. The summed E-state index contributed by atoms with van der Waals surface area (Å²) < 4.78 is 0. The Morgan fingerprint density at radius 2 is 1.90 bits per heavy atom. The van der Waals surface area contributed by atoms with Crippen molar-refractivity contribution >= 4 is 23.4 Å². The van der Waals surface area contributed by atoms with Gasteiger partial charge in [0.15, 0.2) is 0 Å². The van der Waals surface area contributed by atoms with Crippen LogP contribution >= 0.6 is 0 Å². The second-order valence-electron chi connectivity index (χ2n) is 4.63. The Morgan fingerprint density at radius 3 is 2.60 bits per heavy atom. The molecule has 0 spiro atoms. The number of rotatable bonds is 5. The summed E-state index contributed by atoms with van der Waals surface area (Å²) in [6, 6.07) is 5.10. The molecule has 3 amide bonds. The molecule has 1 aliphatic heterocycles. The number of anilines is 1. The minimum atomic E-state index is -0.279. The van der Waals surface area contributed by atoms with Crippen molar-refractivity contribution < 1.29 is 14.4 Å². The summed E-state index contributed by atoms with van der Waals surface area (Å²) in [6.07, 6.45) is 1.15. The van der Waals surface area contributed by atoms with Crippen molar-refractivity contribution in [2.45, 2.75) is 12.8 Å². The summed E-state index contributed by atoms with van der Waals surface area (Å²) in [5, 5.41) is 5.70. The summed E-state index contributed by atoms with van der Waals surface area (Å²) in [5.74, 6) is -0.543. The van der Waals surface area contributed by atoms with E-state index < -0.39 is 0 Å². The number of imide groups is 1. The van der Waals surface area contributed by atoms with Gasteiger partial charge in [-0.1, -0.05) is 0 Å². The fourth-order valence-electron chi connectivity index (χ4n) is 2.08. The average molecular weight is 275 g/mol. The number of amides is 3. The highest BCUT2D eigenvalue weighted by Crippen LogP contribution is 2.24. The quantitative estimate of drug-likeness (QED) is 0.617. The monoisotopic (exact) mass is 275 g/mol. The van der Waals surface area contributed by atoms with Gasteiger partial charge in [0, 0.05) is 32.7 Å². The minimum Gasteiger partial charge on any atom is -0.385 e. The number of carbonyl (C=O) groups is 3. The van der Waals surface area contributed by atoms with Gasteiger partial charge in [-0.3, -0.25) is 19.3 Å². The third-order valence-corrected chi connectivity index (χ3v) is 3.28. The molecule has 0 radical (unpaired) electrons. The molecular formula is C14H17N3O3. The zero-order valence-corrected chi connectivity index (χ0v) is 11.5. The van der Waals surface area contributed by atoms with Crippen LogP contribution in [0, 0.1) is 0 Å². The zero-order valence-electron chi connectivity index (χ0n) is 11.5. The molecule has 6 nitrogen and oxygen atoms in total. The van der Waals surface area contributed by atoms with Crippen LogP contribution in [0.5, 0.6) is 0 Å². The van der Waals surface area contributed by atoms with E-state index in [0.29, 0.717) is 30.5 Å². The molecule has 1 aromatic carbocycles. The van der Waals surface area contributed by atoms with Crippen LogP contribution < -0.4 is 10.6 Å². The van der Waals surface area contributed by atoms with Gasteiger partial charge in [-0.15, -0.1) is 0 Å². The van der Waals surface area contributed by atoms with E-state index in [9.17, 15) is 14.4 Å². The van der Waals surface area contributed by atoms with E-state index in [0.717, 1.165) is 10.6 Å². The van der Waals surface area contributed by atoms with Crippen LogP contribution in [0.25, 0.3) is 0 Å². The molecule has 0 saturated carbocycles. The largest absolute Gasteiger partial charge is 0.385 e. The van der Waals surface area contributed by atoms with Gasteiger partial charge in [0.1, 0.15) is 0 Å². The summed E-state index contributed by atoms with van der Waals surface area (Å²) >= 11 is 0. The van der Waals surface area contributed by atoms with Crippen molar-refractivity contribution in [1.82, 2.24) is 10.2 Å². The Balaban J connectivity index is 1.97. The first-order chi connectivity index (χ1) is 9.54. The maximum atomic E-state index is 11.8. The Labute approximate surface area is 117 Å². The minimum absolute atomic E-state index is 0.00292. The van der Waals surface area contributed by atoms with Crippen LogP contribution in [0.3, 0.4) is 0 Å². The van der Waals surface area contributed by atoms with Gasteiger partial charge in [0.25, 0.3) is 11.8 Å². The Kier molecular flexibility index (Phi) is 4.02. The molecule has 1 heterocycles. The highest BCUT2D eigenvalue weighted by atomic mass is 16.2. The molecule has 0 aliphatic carbocycles. The van der Waals surface area contributed by atoms with Crippen molar-refractivity contribution in [2.75, 3.05) is 26.0 Å². The lowest BCUT2D eigenvalue weighted by atomic mass is 10.1. The van der Waals surface area contributed by atoms with Gasteiger partial charge in [0.2, 0.25) is 5.91 Å². The second-order valence-corrected chi connectivity index (χ2v) is 4.63.